The Morgan fingerprint density at radius 1 is 1.06 bits per heavy atom. The molecule has 0 unspecified atom stereocenters. The van der Waals surface area contributed by atoms with Crippen LogP contribution in [0.5, 0.6) is 0 Å². The van der Waals surface area contributed by atoms with Crippen molar-refractivity contribution in [2.24, 2.45) is 0 Å². The van der Waals surface area contributed by atoms with Gasteiger partial charge in [0.25, 0.3) is 18.2 Å². The molecule has 0 aromatic heterocycles. The fraction of sp³-hybridized carbons (Fsp3) is 0.182. The third kappa shape index (κ3) is 6.03. The second kappa shape index (κ2) is 10.2. The molecule has 0 saturated carbocycles. The zero-order chi connectivity index (χ0) is 23.0. The number of hydrogen-bond acceptors (Lipinski definition) is 5. The van der Waals surface area contributed by atoms with E-state index >= 15 is 0 Å². The summed E-state index contributed by atoms with van der Waals surface area (Å²) in [5.74, 6) is 8.61. The molecule has 2 amide bonds. The van der Waals surface area contributed by atoms with Crippen molar-refractivity contribution in [2.75, 3.05) is 5.73 Å². The van der Waals surface area contributed by atoms with Gasteiger partial charge in [0.1, 0.15) is 6.04 Å². The molecule has 31 heavy (non-hydrogen) atoms. The van der Waals surface area contributed by atoms with Crippen molar-refractivity contribution in [3.8, 4) is 23.7 Å². The molecular weight excluding hydrogens is 408 g/mol. The van der Waals surface area contributed by atoms with E-state index in [2.05, 4.69) is 23.7 Å². The van der Waals surface area contributed by atoms with Gasteiger partial charge in [-0.1, -0.05) is 24.0 Å². The predicted molar refractivity (Wildman–Crippen MR) is 109 cm³/mol. The van der Waals surface area contributed by atoms with Gasteiger partial charge in [0.15, 0.2) is 5.60 Å². The Labute approximate surface area is 177 Å². The summed E-state index contributed by atoms with van der Waals surface area (Å²) in [6.07, 6.45) is -3.36. The van der Waals surface area contributed by atoms with E-state index in [1.54, 1.807) is 24.3 Å². The van der Waals surface area contributed by atoms with Crippen molar-refractivity contribution in [3.63, 3.8) is 0 Å². The van der Waals surface area contributed by atoms with E-state index < -0.39 is 29.9 Å². The molecule has 160 valence electrons. The Morgan fingerprint density at radius 2 is 1.68 bits per heavy atom. The highest BCUT2D eigenvalue weighted by atomic mass is 19.3. The summed E-state index contributed by atoms with van der Waals surface area (Å²) in [6, 6.07) is 10.7. The van der Waals surface area contributed by atoms with Crippen molar-refractivity contribution >= 4 is 17.5 Å². The van der Waals surface area contributed by atoms with Crippen LogP contribution in [-0.4, -0.2) is 40.2 Å². The second-order valence-corrected chi connectivity index (χ2v) is 6.57. The van der Waals surface area contributed by atoms with Gasteiger partial charge in [0.05, 0.1) is 0 Å². The number of carbonyl (C=O) groups is 2. The molecular formula is C22H19F2N3O4. The highest BCUT2D eigenvalue weighted by Crippen LogP contribution is 2.20. The third-order valence-corrected chi connectivity index (χ3v) is 4.25. The number of nitrogens with one attached hydrogen (secondary N) is 2. The molecule has 0 aliphatic carbocycles. The predicted octanol–water partition coefficient (Wildman–Crippen LogP) is 1.29. The first kappa shape index (κ1) is 23.4. The normalized spacial score (nSPS) is 13.0. The molecule has 2 atom stereocenters. The number of benzene rings is 2. The topological polar surface area (TPSA) is 125 Å². The van der Waals surface area contributed by atoms with Crippen LogP contribution in [0.15, 0.2) is 48.5 Å². The standard InChI is InChI=1S/C22H19F2N3O4/c1-22(30,21(23)24)18(20(29)27-31)26-19(28)16-12-10-14(11-13-16)6-2-3-7-15-8-4-5-9-17(15)25/h4-5,8-13,18,21,30-31H,25H2,1H3,(H,26,28)(H,27,29)/t18-,22+/m1/s1. The van der Waals surface area contributed by atoms with Gasteiger partial charge in [-0.3, -0.25) is 14.8 Å². The summed E-state index contributed by atoms with van der Waals surface area (Å²) >= 11 is 0. The number of alkyl halides is 2. The smallest absolute Gasteiger partial charge is 0.269 e. The van der Waals surface area contributed by atoms with Crippen LogP contribution in [0.25, 0.3) is 0 Å². The summed E-state index contributed by atoms with van der Waals surface area (Å²) in [7, 11) is 0. The van der Waals surface area contributed by atoms with Crippen molar-refractivity contribution in [1.82, 2.24) is 10.8 Å². The molecule has 0 saturated heterocycles. The van der Waals surface area contributed by atoms with Crippen molar-refractivity contribution in [2.45, 2.75) is 25.0 Å². The Kier molecular flexibility index (Phi) is 7.70. The van der Waals surface area contributed by atoms with E-state index in [0.29, 0.717) is 23.7 Å². The molecule has 2 rings (SSSR count). The molecule has 0 fully saturated rings. The summed E-state index contributed by atoms with van der Waals surface area (Å²) in [5.41, 5.74) is 5.75. The van der Waals surface area contributed by atoms with E-state index in [1.807, 2.05) is 5.32 Å². The fourth-order valence-corrected chi connectivity index (χ4v) is 2.40. The lowest BCUT2D eigenvalue weighted by Crippen LogP contribution is -2.61. The van der Waals surface area contributed by atoms with Crippen molar-refractivity contribution in [3.05, 3.63) is 65.2 Å². The van der Waals surface area contributed by atoms with Crippen LogP contribution in [0.1, 0.15) is 28.4 Å². The number of amides is 2. The Morgan fingerprint density at radius 3 is 2.26 bits per heavy atom. The van der Waals surface area contributed by atoms with Crippen LogP contribution in [0.2, 0.25) is 0 Å². The van der Waals surface area contributed by atoms with Crippen LogP contribution in [0.3, 0.4) is 0 Å². The van der Waals surface area contributed by atoms with Gasteiger partial charge >= 0.3 is 0 Å². The number of nitrogens with two attached hydrogens (primary N) is 1. The first-order valence-corrected chi connectivity index (χ1v) is 8.88. The highest BCUT2D eigenvalue weighted by Gasteiger charge is 2.46. The number of aliphatic hydroxyl groups is 1. The highest BCUT2D eigenvalue weighted by molar-refractivity contribution is 5.97. The molecule has 7 nitrogen and oxygen atoms in total. The van der Waals surface area contributed by atoms with Gasteiger partial charge in [-0.25, -0.2) is 14.3 Å². The Bertz CT molecular complexity index is 1080. The molecule has 9 heteroatoms. The van der Waals surface area contributed by atoms with Gasteiger partial charge in [0, 0.05) is 22.4 Å². The lowest BCUT2D eigenvalue weighted by Gasteiger charge is -2.30. The maximum atomic E-state index is 13.0. The third-order valence-electron chi connectivity index (χ3n) is 4.25. The van der Waals surface area contributed by atoms with Gasteiger partial charge in [-0.15, -0.1) is 0 Å². The largest absolute Gasteiger partial charge is 0.398 e. The first-order valence-electron chi connectivity index (χ1n) is 8.88. The summed E-state index contributed by atoms with van der Waals surface area (Å²) in [4.78, 5) is 24.0. The fourth-order valence-electron chi connectivity index (χ4n) is 2.40. The van der Waals surface area contributed by atoms with Gasteiger partial charge < -0.3 is 16.2 Å². The number of halogens is 2. The second-order valence-electron chi connectivity index (χ2n) is 6.57. The van der Waals surface area contributed by atoms with E-state index in [0.717, 1.165) is 5.48 Å². The van der Waals surface area contributed by atoms with Gasteiger partial charge in [-0.2, -0.15) is 0 Å². The maximum absolute atomic E-state index is 13.0. The number of hydrogen-bond donors (Lipinski definition) is 5. The van der Waals surface area contributed by atoms with E-state index in [9.17, 15) is 23.5 Å². The van der Waals surface area contributed by atoms with Crippen LogP contribution in [-0.2, 0) is 4.79 Å². The number of anilines is 1. The monoisotopic (exact) mass is 427 g/mol. The van der Waals surface area contributed by atoms with Crippen LogP contribution in [0, 0.1) is 23.7 Å². The summed E-state index contributed by atoms with van der Waals surface area (Å²) in [5, 5.41) is 20.5. The SMILES string of the molecule is C[C@@](O)(C(F)F)[C@H](NC(=O)c1ccc(C#CC#Cc2ccccc2N)cc1)C(=O)NO. The van der Waals surface area contributed by atoms with Gasteiger partial charge in [0.2, 0.25) is 0 Å². The molecule has 0 radical (unpaired) electrons. The Hall–Kier alpha value is -3.92. The average molecular weight is 427 g/mol. The number of carbonyl (C=O) groups excluding carboxylic acids is 2. The Balaban J connectivity index is 2.12. The molecule has 6 N–H and O–H groups in total. The number of hydroxylamine groups is 1. The molecule has 0 bridgehead atoms. The quantitative estimate of drug-likeness (QED) is 0.213. The minimum atomic E-state index is -3.36. The van der Waals surface area contributed by atoms with E-state index in [4.69, 9.17) is 10.9 Å². The minimum Gasteiger partial charge on any atom is -0.398 e. The maximum Gasteiger partial charge on any atom is 0.269 e. The van der Waals surface area contributed by atoms with Gasteiger partial charge in [-0.05, 0) is 55.2 Å². The molecule has 0 heterocycles. The molecule has 2 aromatic carbocycles. The lowest BCUT2D eigenvalue weighted by molar-refractivity contribution is -0.149. The molecule has 0 aliphatic rings. The molecule has 2 aromatic rings. The average Bonchev–Trinajstić information content (AvgIpc) is 2.75. The first-order chi connectivity index (χ1) is 14.7. The number of nitrogen functional groups attached to an aromatic ring is 1. The lowest BCUT2D eigenvalue weighted by atomic mass is 9.95. The number of rotatable bonds is 5. The molecule has 0 spiro atoms. The van der Waals surface area contributed by atoms with E-state index in [-0.39, 0.29) is 5.56 Å². The van der Waals surface area contributed by atoms with Crippen LogP contribution in [0.4, 0.5) is 14.5 Å². The minimum absolute atomic E-state index is 0.0227. The van der Waals surface area contributed by atoms with Crippen molar-refractivity contribution < 1.29 is 28.7 Å². The summed E-state index contributed by atoms with van der Waals surface area (Å²) < 4.78 is 26.1. The zero-order valence-electron chi connectivity index (χ0n) is 16.3. The number of para-hydroxylation sites is 1. The van der Waals surface area contributed by atoms with Crippen LogP contribution < -0.4 is 16.5 Å². The summed E-state index contributed by atoms with van der Waals surface area (Å²) in [6.45, 7) is 0.667. The van der Waals surface area contributed by atoms with Crippen LogP contribution >= 0.6 is 0 Å². The zero-order valence-corrected chi connectivity index (χ0v) is 16.3. The van der Waals surface area contributed by atoms with Crippen molar-refractivity contribution in [1.29, 1.82) is 0 Å². The van der Waals surface area contributed by atoms with E-state index in [1.165, 1.54) is 24.3 Å². The molecule has 0 aliphatic heterocycles.